The number of rotatable bonds is 4. The first-order valence-corrected chi connectivity index (χ1v) is 8.48. The van der Waals surface area contributed by atoms with Crippen molar-refractivity contribution in [2.45, 2.75) is 31.7 Å². The van der Waals surface area contributed by atoms with Crippen LogP contribution in [0.3, 0.4) is 0 Å². The molecule has 1 saturated heterocycles. The number of nitrogens with zero attached hydrogens (tertiary/aromatic N) is 6. The van der Waals surface area contributed by atoms with Crippen molar-refractivity contribution in [3.63, 3.8) is 0 Å². The average Bonchev–Trinajstić information content (AvgIpc) is 3.40. The van der Waals surface area contributed by atoms with E-state index in [9.17, 15) is 5.26 Å². The van der Waals surface area contributed by atoms with Gasteiger partial charge in [0, 0.05) is 38.3 Å². The van der Waals surface area contributed by atoms with E-state index in [2.05, 4.69) is 31.1 Å². The SMILES string of the molecule is N#Cc1cccnc1N1CCCN(Cc2nnc(C3CC3)o2)CC1. The average molecular weight is 324 g/mol. The van der Waals surface area contributed by atoms with E-state index in [1.165, 1.54) is 12.8 Å². The van der Waals surface area contributed by atoms with Crippen LogP contribution in [-0.4, -0.2) is 46.3 Å². The van der Waals surface area contributed by atoms with Gasteiger partial charge in [-0.25, -0.2) is 4.98 Å². The highest BCUT2D eigenvalue weighted by molar-refractivity contribution is 5.53. The molecule has 7 heteroatoms. The van der Waals surface area contributed by atoms with Crippen molar-refractivity contribution in [3.05, 3.63) is 35.7 Å². The highest BCUT2D eigenvalue weighted by Gasteiger charge is 2.29. The van der Waals surface area contributed by atoms with Crippen molar-refractivity contribution in [2.24, 2.45) is 0 Å². The first-order valence-electron chi connectivity index (χ1n) is 8.48. The zero-order chi connectivity index (χ0) is 16.4. The number of anilines is 1. The van der Waals surface area contributed by atoms with Gasteiger partial charge in [0.05, 0.1) is 12.1 Å². The number of nitriles is 1. The van der Waals surface area contributed by atoms with Gasteiger partial charge in [0.15, 0.2) is 0 Å². The molecule has 0 bridgehead atoms. The van der Waals surface area contributed by atoms with Gasteiger partial charge in [-0.15, -0.1) is 10.2 Å². The van der Waals surface area contributed by atoms with Gasteiger partial charge in [0.1, 0.15) is 11.9 Å². The highest BCUT2D eigenvalue weighted by Crippen LogP contribution is 2.39. The monoisotopic (exact) mass is 324 g/mol. The second kappa shape index (κ2) is 6.57. The molecule has 2 fully saturated rings. The fourth-order valence-electron chi connectivity index (χ4n) is 3.09. The number of hydrogen-bond donors (Lipinski definition) is 0. The molecule has 24 heavy (non-hydrogen) atoms. The van der Waals surface area contributed by atoms with Crippen molar-refractivity contribution < 1.29 is 4.42 Å². The Balaban J connectivity index is 1.39. The van der Waals surface area contributed by atoms with Crippen LogP contribution in [0.1, 0.15) is 42.5 Å². The van der Waals surface area contributed by atoms with Crippen LogP contribution in [-0.2, 0) is 6.54 Å². The molecule has 124 valence electrons. The molecule has 0 radical (unpaired) electrons. The predicted octanol–water partition coefficient (Wildman–Crippen LogP) is 1.93. The van der Waals surface area contributed by atoms with Gasteiger partial charge in [-0.1, -0.05) is 0 Å². The molecular formula is C17H20N6O. The molecule has 3 heterocycles. The number of hydrogen-bond acceptors (Lipinski definition) is 7. The lowest BCUT2D eigenvalue weighted by atomic mass is 10.2. The van der Waals surface area contributed by atoms with Gasteiger partial charge in [-0.05, 0) is 31.4 Å². The van der Waals surface area contributed by atoms with Crippen molar-refractivity contribution >= 4 is 5.82 Å². The molecule has 2 aromatic rings. The van der Waals surface area contributed by atoms with E-state index in [4.69, 9.17) is 4.42 Å². The maximum atomic E-state index is 9.26. The zero-order valence-electron chi connectivity index (χ0n) is 13.6. The van der Waals surface area contributed by atoms with Crippen LogP contribution in [0.5, 0.6) is 0 Å². The van der Waals surface area contributed by atoms with Crippen molar-refractivity contribution in [1.29, 1.82) is 5.26 Å². The summed E-state index contributed by atoms with van der Waals surface area (Å²) in [7, 11) is 0. The van der Waals surface area contributed by atoms with Gasteiger partial charge < -0.3 is 9.32 Å². The lowest BCUT2D eigenvalue weighted by Crippen LogP contribution is -2.31. The third-order valence-corrected chi connectivity index (χ3v) is 4.56. The molecule has 1 aliphatic heterocycles. The summed E-state index contributed by atoms with van der Waals surface area (Å²) < 4.78 is 5.77. The molecule has 0 aromatic carbocycles. The summed E-state index contributed by atoms with van der Waals surface area (Å²) in [5.41, 5.74) is 0.636. The van der Waals surface area contributed by atoms with E-state index in [0.29, 0.717) is 23.9 Å². The Kier molecular flexibility index (Phi) is 4.13. The first-order chi connectivity index (χ1) is 11.8. The second-order valence-corrected chi connectivity index (χ2v) is 6.41. The minimum atomic E-state index is 0.499. The van der Waals surface area contributed by atoms with Crippen LogP contribution in [0.15, 0.2) is 22.7 Å². The third-order valence-electron chi connectivity index (χ3n) is 4.56. The first kappa shape index (κ1) is 15.1. The summed E-state index contributed by atoms with van der Waals surface area (Å²) in [5.74, 6) is 2.80. The van der Waals surface area contributed by atoms with Crippen LogP contribution in [0.25, 0.3) is 0 Å². The Labute approximate surface area is 140 Å². The van der Waals surface area contributed by atoms with Crippen LogP contribution in [0.2, 0.25) is 0 Å². The Hall–Kier alpha value is -2.46. The van der Waals surface area contributed by atoms with Gasteiger partial charge >= 0.3 is 0 Å². The summed E-state index contributed by atoms with van der Waals surface area (Å²) in [4.78, 5) is 8.93. The van der Waals surface area contributed by atoms with Crippen molar-refractivity contribution in [1.82, 2.24) is 20.1 Å². The Bertz CT molecular complexity index is 748. The largest absolute Gasteiger partial charge is 0.424 e. The second-order valence-electron chi connectivity index (χ2n) is 6.41. The molecule has 0 amide bonds. The van der Waals surface area contributed by atoms with E-state index in [0.717, 1.165) is 44.3 Å². The maximum Gasteiger partial charge on any atom is 0.230 e. The molecule has 4 rings (SSSR count). The lowest BCUT2D eigenvalue weighted by molar-refractivity contribution is 0.252. The minimum Gasteiger partial charge on any atom is -0.424 e. The molecular weight excluding hydrogens is 304 g/mol. The normalized spacial score (nSPS) is 19.0. The zero-order valence-corrected chi connectivity index (χ0v) is 13.6. The topological polar surface area (TPSA) is 82.1 Å². The van der Waals surface area contributed by atoms with E-state index in [1.54, 1.807) is 12.3 Å². The summed E-state index contributed by atoms with van der Waals surface area (Å²) in [6.07, 6.45) is 5.11. The van der Waals surface area contributed by atoms with E-state index in [-0.39, 0.29) is 0 Å². The fraction of sp³-hybridized carbons (Fsp3) is 0.529. The lowest BCUT2D eigenvalue weighted by Gasteiger charge is -2.22. The smallest absolute Gasteiger partial charge is 0.230 e. The Morgan fingerprint density at radius 1 is 1.21 bits per heavy atom. The summed E-state index contributed by atoms with van der Waals surface area (Å²) in [6, 6.07) is 5.86. The predicted molar refractivity (Wildman–Crippen MR) is 87.3 cm³/mol. The molecule has 0 atom stereocenters. The van der Waals surface area contributed by atoms with Crippen LogP contribution >= 0.6 is 0 Å². The molecule has 0 spiro atoms. The van der Waals surface area contributed by atoms with E-state index >= 15 is 0 Å². The molecule has 2 aliphatic rings. The quantitative estimate of drug-likeness (QED) is 0.849. The van der Waals surface area contributed by atoms with Gasteiger partial charge in [0.2, 0.25) is 11.8 Å². The van der Waals surface area contributed by atoms with Crippen molar-refractivity contribution in [2.75, 3.05) is 31.1 Å². The van der Waals surface area contributed by atoms with Gasteiger partial charge in [-0.2, -0.15) is 5.26 Å². The molecule has 0 N–H and O–H groups in total. The third kappa shape index (κ3) is 3.24. The maximum absolute atomic E-state index is 9.26. The standard InChI is InChI=1S/C17H20N6O/c18-11-14-3-1-6-19-16(14)23-8-2-7-22(9-10-23)12-15-20-21-17(24-15)13-4-5-13/h1,3,6,13H,2,4-5,7-10,12H2. The molecule has 1 saturated carbocycles. The number of aromatic nitrogens is 3. The van der Waals surface area contributed by atoms with Crippen LogP contribution in [0.4, 0.5) is 5.82 Å². The molecule has 2 aromatic heterocycles. The van der Waals surface area contributed by atoms with Gasteiger partial charge in [0.25, 0.3) is 0 Å². The minimum absolute atomic E-state index is 0.499. The Morgan fingerprint density at radius 2 is 2.12 bits per heavy atom. The number of pyridine rings is 1. The molecule has 0 unspecified atom stereocenters. The summed E-state index contributed by atoms with van der Waals surface area (Å²) >= 11 is 0. The summed E-state index contributed by atoms with van der Waals surface area (Å²) in [6.45, 7) is 4.31. The molecule has 7 nitrogen and oxygen atoms in total. The van der Waals surface area contributed by atoms with E-state index < -0.39 is 0 Å². The van der Waals surface area contributed by atoms with Gasteiger partial charge in [-0.3, -0.25) is 4.90 Å². The fourth-order valence-corrected chi connectivity index (χ4v) is 3.09. The van der Waals surface area contributed by atoms with Crippen LogP contribution < -0.4 is 4.90 Å². The van der Waals surface area contributed by atoms with Crippen LogP contribution in [0, 0.1) is 11.3 Å². The van der Waals surface area contributed by atoms with E-state index in [1.807, 2.05) is 6.07 Å². The molecule has 1 aliphatic carbocycles. The van der Waals surface area contributed by atoms with Crippen molar-refractivity contribution in [3.8, 4) is 6.07 Å². The Morgan fingerprint density at radius 3 is 2.96 bits per heavy atom. The highest BCUT2D eigenvalue weighted by atomic mass is 16.4. The summed E-state index contributed by atoms with van der Waals surface area (Å²) in [5, 5.41) is 17.6.